The summed E-state index contributed by atoms with van der Waals surface area (Å²) in [5.41, 5.74) is 0.916. The number of rotatable bonds is 3. The van der Waals surface area contributed by atoms with Gasteiger partial charge >= 0.3 is 0 Å². The highest BCUT2D eigenvalue weighted by molar-refractivity contribution is 9.10. The summed E-state index contributed by atoms with van der Waals surface area (Å²) in [6.07, 6.45) is 0. The van der Waals surface area contributed by atoms with Crippen molar-refractivity contribution < 1.29 is 0 Å². The molecule has 0 radical (unpaired) electrons. The van der Waals surface area contributed by atoms with Crippen molar-refractivity contribution >= 4 is 44.6 Å². The molecule has 0 saturated heterocycles. The number of hydrogen-bond acceptors (Lipinski definition) is 3. The monoisotopic (exact) mass is 326 g/mol. The van der Waals surface area contributed by atoms with Crippen molar-refractivity contribution in [3.05, 3.63) is 50.1 Å². The molecule has 5 heteroatoms. The highest BCUT2D eigenvalue weighted by Gasteiger charge is 2.15. The highest BCUT2D eigenvalue weighted by atomic mass is 79.9. The van der Waals surface area contributed by atoms with Crippen LogP contribution in [0.1, 0.15) is 10.9 Å². The van der Waals surface area contributed by atoms with Gasteiger partial charge in [-0.1, -0.05) is 29.8 Å². The number of benzene rings is 1. The lowest BCUT2D eigenvalue weighted by Gasteiger charge is -2.10. The second-order valence-electron chi connectivity index (χ2n) is 3.34. The zero-order valence-electron chi connectivity index (χ0n) is 8.65. The molecule has 0 aliphatic heterocycles. The van der Waals surface area contributed by atoms with Crippen LogP contribution in [0, 0.1) is 11.3 Å². The van der Waals surface area contributed by atoms with Crippen molar-refractivity contribution in [2.45, 2.75) is 6.04 Å². The highest BCUT2D eigenvalue weighted by Crippen LogP contribution is 2.36. The second-order valence-corrected chi connectivity index (χ2v) is 5.88. The number of para-hydroxylation sites is 1. The number of nitrogens with zero attached hydrogens (tertiary/aromatic N) is 1. The predicted molar refractivity (Wildman–Crippen MR) is 75.4 cm³/mol. The first kappa shape index (κ1) is 12.4. The van der Waals surface area contributed by atoms with Crippen LogP contribution in [0.5, 0.6) is 0 Å². The zero-order valence-corrected chi connectivity index (χ0v) is 11.8. The van der Waals surface area contributed by atoms with Crippen LogP contribution in [0.25, 0.3) is 0 Å². The average Bonchev–Trinajstić information content (AvgIpc) is 2.68. The Morgan fingerprint density at radius 3 is 2.59 bits per heavy atom. The van der Waals surface area contributed by atoms with Crippen molar-refractivity contribution in [2.24, 2.45) is 0 Å². The van der Waals surface area contributed by atoms with Gasteiger partial charge in [-0.3, -0.25) is 0 Å². The van der Waals surface area contributed by atoms with E-state index in [1.807, 2.05) is 36.4 Å². The van der Waals surface area contributed by atoms with Gasteiger partial charge in [0.15, 0.2) is 0 Å². The lowest BCUT2D eigenvalue weighted by Crippen LogP contribution is -2.06. The first-order valence-electron chi connectivity index (χ1n) is 4.86. The molecule has 1 aromatic carbocycles. The van der Waals surface area contributed by atoms with Gasteiger partial charge in [0.05, 0.1) is 6.07 Å². The van der Waals surface area contributed by atoms with E-state index in [-0.39, 0.29) is 6.04 Å². The fourth-order valence-electron chi connectivity index (χ4n) is 1.37. The van der Waals surface area contributed by atoms with Crippen LogP contribution >= 0.6 is 38.9 Å². The molecule has 0 aliphatic carbocycles. The van der Waals surface area contributed by atoms with E-state index < -0.39 is 0 Å². The summed E-state index contributed by atoms with van der Waals surface area (Å²) in [7, 11) is 0. The Morgan fingerprint density at radius 2 is 2.06 bits per heavy atom. The summed E-state index contributed by atoms with van der Waals surface area (Å²) in [5, 5.41) is 12.3. The Kier molecular flexibility index (Phi) is 4.06. The van der Waals surface area contributed by atoms with Gasteiger partial charge in [0, 0.05) is 15.0 Å². The normalized spacial score (nSPS) is 11.8. The molecule has 1 N–H and O–H groups in total. The lowest BCUT2D eigenvalue weighted by molar-refractivity contribution is 1.03. The largest absolute Gasteiger partial charge is 0.366 e. The molecule has 2 rings (SSSR count). The first-order valence-corrected chi connectivity index (χ1v) is 6.85. The average molecular weight is 328 g/mol. The molecule has 17 heavy (non-hydrogen) atoms. The summed E-state index contributed by atoms with van der Waals surface area (Å²) < 4.78 is 1.49. The molecule has 0 fully saturated rings. The fraction of sp³-hybridized carbons (Fsp3) is 0.0833. The fourth-order valence-corrected chi connectivity index (χ4v) is 3.11. The minimum absolute atomic E-state index is 0.383. The molecule has 1 unspecified atom stereocenters. The standard InChI is InChI=1S/C12H8BrClN2S/c13-9-6-11(17-12(9)14)10(7-15)16-8-4-2-1-3-5-8/h1-6,10,16H. The van der Waals surface area contributed by atoms with Crippen molar-refractivity contribution in [3.63, 3.8) is 0 Å². The summed E-state index contributed by atoms with van der Waals surface area (Å²) in [6.45, 7) is 0. The van der Waals surface area contributed by atoms with Crippen LogP contribution in [0.4, 0.5) is 5.69 Å². The van der Waals surface area contributed by atoms with E-state index in [0.29, 0.717) is 4.34 Å². The van der Waals surface area contributed by atoms with Crippen LogP contribution < -0.4 is 5.32 Å². The molecule has 1 atom stereocenters. The van der Waals surface area contributed by atoms with Crippen LogP contribution in [0.2, 0.25) is 4.34 Å². The molecule has 0 bridgehead atoms. The van der Waals surface area contributed by atoms with E-state index >= 15 is 0 Å². The number of halogens is 2. The summed E-state index contributed by atoms with van der Waals surface area (Å²) >= 11 is 10.7. The maximum atomic E-state index is 9.18. The number of nitriles is 1. The molecule has 1 heterocycles. The SMILES string of the molecule is N#CC(Nc1ccccc1)c1cc(Br)c(Cl)s1. The second kappa shape index (κ2) is 5.54. The minimum Gasteiger partial charge on any atom is -0.366 e. The van der Waals surface area contributed by atoms with E-state index in [4.69, 9.17) is 11.6 Å². The minimum atomic E-state index is -0.383. The van der Waals surface area contributed by atoms with Crippen molar-refractivity contribution in [1.29, 1.82) is 5.26 Å². The van der Waals surface area contributed by atoms with Crippen LogP contribution in [-0.4, -0.2) is 0 Å². The van der Waals surface area contributed by atoms with Gasteiger partial charge in [0.1, 0.15) is 10.4 Å². The summed E-state index contributed by atoms with van der Waals surface area (Å²) in [6, 6.07) is 13.4. The van der Waals surface area contributed by atoms with Crippen molar-refractivity contribution in [3.8, 4) is 6.07 Å². The molecular formula is C12H8BrClN2S. The molecule has 1 aromatic heterocycles. The van der Waals surface area contributed by atoms with Crippen molar-refractivity contribution in [1.82, 2.24) is 0 Å². The Labute approximate surface area is 117 Å². The van der Waals surface area contributed by atoms with E-state index in [1.54, 1.807) is 0 Å². The zero-order chi connectivity index (χ0) is 12.3. The predicted octanol–water partition coefficient (Wildman–Crippen LogP) is 4.84. The van der Waals surface area contributed by atoms with E-state index in [1.165, 1.54) is 11.3 Å². The smallest absolute Gasteiger partial charge is 0.149 e. The first-order chi connectivity index (χ1) is 8.20. The number of thiophene rings is 1. The number of nitrogens with one attached hydrogen (secondary N) is 1. The van der Waals surface area contributed by atoms with E-state index in [2.05, 4.69) is 27.3 Å². The Hall–Kier alpha value is -1.02. The maximum Gasteiger partial charge on any atom is 0.149 e. The Morgan fingerprint density at radius 1 is 1.35 bits per heavy atom. The third kappa shape index (κ3) is 3.01. The van der Waals surface area contributed by atoms with Crippen LogP contribution in [0.15, 0.2) is 40.9 Å². The Bertz CT molecular complexity index is 528. The third-order valence-corrected chi connectivity index (χ3v) is 4.70. The maximum absolute atomic E-state index is 9.18. The summed E-state index contributed by atoms with van der Waals surface area (Å²) in [5.74, 6) is 0. The molecule has 0 aliphatic rings. The van der Waals surface area contributed by atoms with Gasteiger partial charge in [0.2, 0.25) is 0 Å². The van der Waals surface area contributed by atoms with Gasteiger partial charge in [-0.25, -0.2) is 0 Å². The van der Waals surface area contributed by atoms with Gasteiger partial charge in [-0.15, -0.1) is 11.3 Å². The van der Waals surface area contributed by atoms with Crippen LogP contribution in [-0.2, 0) is 0 Å². The lowest BCUT2D eigenvalue weighted by atomic mass is 10.2. The molecule has 2 nitrogen and oxygen atoms in total. The Balaban J connectivity index is 2.21. The van der Waals surface area contributed by atoms with Gasteiger partial charge < -0.3 is 5.32 Å². The molecule has 0 spiro atoms. The molecule has 0 amide bonds. The van der Waals surface area contributed by atoms with E-state index in [9.17, 15) is 5.26 Å². The number of hydrogen-bond donors (Lipinski definition) is 1. The van der Waals surface area contributed by atoms with Gasteiger partial charge in [-0.05, 0) is 34.1 Å². The summed E-state index contributed by atoms with van der Waals surface area (Å²) in [4.78, 5) is 0.897. The van der Waals surface area contributed by atoms with Crippen LogP contribution in [0.3, 0.4) is 0 Å². The number of anilines is 1. The quantitative estimate of drug-likeness (QED) is 0.875. The molecule has 0 saturated carbocycles. The molecule has 2 aromatic rings. The van der Waals surface area contributed by atoms with Gasteiger partial charge in [-0.2, -0.15) is 5.26 Å². The van der Waals surface area contributed by atoms with Gasteiger partial charge in [0.25, 0.3) is 0 Å². The molecule has 86 valence electrons. The molecular weight excluding hydrogens is 320 g/mol. The third-order valence-electron chi connectivity index (χ3n) is 2.16. The van der Waals surface area contributed by atoms with E-state index in [0.717, 1.165) is 15.0 Å². The van der Waals surface area contributed by atoms with Crippen molar-refractivity contribution in [2.75, 3.05) is 5.32 Å². The topological polar surface area (TPSA) is 35.8 Å².